The molecule has 1 saturated heterocycles. The number of amides is 1. The molecular weight excluding hydrogens is 246 g/mol. The van der Waals surface area contributed by atoms with Gasteiger partial charge in [0.1, 0.15) is 6.04 Å². The highest BCUT2D eigenvalue weighted by Crippen LogP contribution is 2.22. The number of hydrogen-bond acceptors (Lipinski definition) is 4. The maximum atomic E-state index is 12.3. The summed E-state index contributed by atoms with van der Waals surface area (Å²) in [5.74, 6) is -0.309. The molecule has 0 spiro atoms. The van der Waals surface area contributed by atoms with Crippen molar-refractivity contribution in [3.63, 3.8) is 0 Å². The van der Waals surface area contributed by atoms with E-state index in [4.69, 9.17) is 5.26 Å². The molecule has 1 aliphatic heterocycles. The highest BCUT2D eigenvalue weighted by atomic mass is 16.6. The van der Waals surface area contributed by atoms with Gasteiger partial charge in [-0.05, 0) is 31.4 Å². The first-order valence-corrected chi connectivity index (χ1v) is 5.99. The smallest absolute Gasteiger partial charge is 0.270 e. The van der Waals surface area contributed by atoms with E-state index < -0.39 is 11.0 Å². The van der Waals surface area contributed by atoms with Gasteiger partial charge < -0.3 is 4.90 Å². The Labute approximate surface area is 110 Å². The molecule has 1 atom stereocenters. The Kier molecular flexibility index (Phi) is 3.47. The third-order valence-corrected chi connectivity index (χ3v) is 3.18. The Bertz CT molecular complexity index is 577. The van der Waals surface area contributed by atoms with Gasteiger partial charge in [-0.2, -0.15) is 5.26 Å². The highest BCUT2D eigenvalue weighted by molar-refractivity contribution is 5.95. The van der Waals surface area contributed by atoms with Gasteiger partial charge >= 0.3 is 0 Å². The molecule has 2 rings (SSSR count). The van der Waals surface area contributed by atoms with Gasteiger partial charge in [-0.3, -0.25) is 14.9 Å². The number of benzene rings is 1. The van der Waals surface area contributed by atoms with Crippen LogP contribution in [0.2, 0.25) is 0 Å². The molecule has 1 aromatic carbocycles. The van der Waals surface area contributed by atoms with Crippen LogP contribution in [0.25, 0.3) is 0 Å². The molecule has 1 fully saturated rings. The Morgan fingerprint density at radius 3 is 2.89 bits per heavy atom. The summed E-state index contributed by atoms with van der Waals surface area (Å²) in [6.45, 7) is 2.23. The first kappa shape index (κ1) is 13.0. The van der Waals surface area contributed by atoms with Gasteiger partial charge in [0.15, 0.2) is 0 Å². The van der Waals surface area contributed by atoms with Gasteiger partial charge in [-0.15, -0.1) is 0 Å². The summed E-state index contributed by atoms with van der Waals surface area (Å²) in [7, 11) is 0. The number of carbonyl (C=O) groups is 1. The molecule has 0 aliphatic carbocycles. The molecule has 0 bridgehead atoms. The molecule has 98 valence electrons. The van der Waals surface area contributed by atoms with Crippen LogP contribution in [-0.2, 0) is 0 Å². The minimum atomic E-state index is -0.518. The Balaban J connectivity index is 2.34. The second-order valence-electron chi connectivity index (χ2n) is 4.60. The summed E-state index contributed by atoms with van der Waals surface area (Å²) >= 11 is 0. The number of nitro groups is 1. The standard InChI is InChI=1S/C13H13N3O3/c1-9-5-10(7-12(6-9)16(18)19)13(17)15-4-2-3-11(15)8-14/h5-7,11H,2-4H2,1H3. The topological polar surface area (TPSA) is 87.2 Å². The molecule has 1 heterocycles. The van der Waals surface area contributed by atoms with E-state index in [9.17, 15) is 14.9 Å². The SMILES string of the molecule is Cc1cc(C(=O)N2CCCC2C#N)cc([N+](=O)[O-])c1. The fraction of sp³-hybridized carbons (Fsp3) is 0.385. The van der Waals surface area contributed by atoms with Gasteiger partial charge in [0, 0.05) is 24.2 Å². The lowest BCUT2D eigenvalue weighted by Gasteiger charge is -2.19. The van der Waals surface area contributed by atoms with Crippen LogP contribution >= 0.6 is 0 Å². The average molecular weight is 259 g/mol. The number of nitriles is 1. The molecule has 0 N–H and O–H groups in total. The molecular formula is C13H13N3O3. The molecule has 1 unspecified atom stereocenters. The van der Waals surface area contributed by atoms with Crippen molar-refractivity contribution < 1.29 is 9.72 Å². The quantitative estimate of drug-likeness (QED) is 0.600. The number of aryl methyl sites for hydroxylation is 1. The van der Waals surface area contributed by atoms with Crippen molar-refractivity contribution in [2.45, 2.75) is 25.8 Å². The predicted molar refractivity (Wildman–Crippen MR) is 67.5 cm³/mol. The van der Waals surface area contributed by atoms with Crippen LogP contribution in [0, 0.1) is 28.4 Å². The summed E-state index contributed by atoms with van der Waals surface area (Å²) in [6.07, 6.45) is 1.45. The van der Waals surface area contributed by atoms with E-state index in [-0.39, 0.29) is 17.2 Å². The van der Waals surface area contributed by atoms with Crippen LogP contribution in [0.15, 0.2) is 18.2 Å². The number of non-ortho nitro benzene ring substituents is 1. The van der Waals surface area contributed by atoms with E-state index >= 15 is 0 Å². The zero-order valence-corrected chi connectivity index (χ0v) is 10.5. The maximum absolute atomic E-state index is 12.3. The van der Waals surface area contributed by atoms with Crippen LogP contribution in [0.4, 0.5) is 5.69 Å². The van der Waals surface area contributed by atoms with Crippen molar-refractivity contribution in [1.82, 2.24) is 4.90 Å². The minimum absolute atomic E-state index is 0.101. The van der Waals surface area contributed by atoms with Gasteiger partial charge in [0.2, 0.25) is 0 Å². The largest absolute Gasteiger partial charge is 0.323 e. The zero-order chi connectivity index (χ0) is 14.0. The van der Waals surface area contributed by atoms with E-state index in [1.807, 2.05) is 0 Å². The molecule has 6 heteroatoms. The first-order valence-electron chi connectivity index (χ1n) is 5.99. The predicted octanol–water partition coefficient (Wildman–Crippen LogP) is 2.03. The molecule has 1 amide bonds. The number of likely N-dealkylation sites (tertiary alicyclic amines) is 1. The van der Waals surface area contributed by atoms with Gasteiger partial charge in [-0.25, -0.2) is 0 Å². The fourth-order valence-corrected chi connectivity index (χ4v) is 2.30. The summed E-state index contributed by atoms with van der Waals surface area (Å²) in [6, 6.07) is 5.96. The molecule has 0 aromatic heterocycles. The van der Waals surface area contributed by atoms with E-state index in [0.717, 1.165) is 6.42 Å². The lowest BCUT2D eigenvalue weighted by atomic mass is 10.1. The van der Waals surface area contributed by atoms with E-state index in [2.05, 4.69) is 6.07 Å². The molecule has 0 radical (unpaired) electrons. The van der Waals surface area contributed by atoms with Crippen molar-refractivity contribution in [3.8, 4) is 6.07 Å². The van der Waals surface area contributed by atoms with E-state index in [1.54, 1.807) is 13.0 Å². The van der Waals surface area contributed by atoms with Gasteiger partial charge in [0.25, 0.3) is 11.6 Å². The molecule has 19 heavy (non-hydrogen) atoms. The zero-order valence-electron chi connectivity index (χ0n) is 10.5. The second kappa shape index (κ2) is 5.06. The van der Waals surface area contributed by atoms with Crippen molar-refractivity contribution in [2.75, 3.05) is 6.54 Å². The number of hydrogen-bond donors (Lipinski definition) is 0. The van der Waals surface area contributed by atoms with Crippen molar-refractivity contribution in [3.05, 3.63) is 39.4 Å². The fourth-order valence-electron chi connectivity index (χ4n) is 2.30. The number of carbonyl (C=O) groups excluding carboxylic acids is 1. The molecule has 0 saturated carbocycles. The van der Waals surface area contributed by atoms with Crippen LogP contribution in [-0.4, -0.2) is 28.3 Å². The third kappa shape index (κ3) is 2.55. The van der Waals surface area contributed by atoms with Crippen molar-refractivity contribution in [1.29, 1.82) is 5.26 Å². The van der Waals surface area contributed by atoms with Crippen LogP contribution < -0.4 is 0 Å². The van der Waals surface area contributed by atoms with Crippen LogP contribution in [0.5, 0.6) is 0 Å². The van der Waals surface area contributed by atoms with Gasteiger partial charge in [0.05, 0.1) is 11.0 Å². The lowest BCUT2D eigenvalue weighted by molar-refractivity contribution is -0.384. The average Bonchev–Trinajstić information content (AvgIpc) is 2.85. The first-order chi connectivity index (χ1) is 9.02. The monoisotopic (exact) mass is 259 g/mol. The summed E-state index contributed by atoms with van der Waals surface area (Å²) in [5.41, 5.74) is 0.829. The van der Waals surface area contributed by atoms with Crippen molar-refractivity contribution in [2.24, 2.45) is 0 Å². The van der Waals surface area contributed by atoms with Crippen LogP contribution in [0.1, 0.15) is 28.8 Å². The van der Waals surface area contributed by atoms with E-state index in [1.165, 1.54) is 17.0 Å². The Hall–Kier alpha value is -2.42. The maximum Gasteiger partial charge on any atom is 0.270 e. The number of nitro benzene ring substituents is 1. The van der Waals surface area contributed by atoms with Gasteiger partial charge in [-0.1, -0.05) is 0 Å². The summed E-state index contributed by atoms with van der Waals surface area (Å²) < 4.78 is 0. The molecule has 1 aliphatic rings. The third-order valence-electron chi connectivity index (χ3n) is 3.18. The number of nitrogens with zero attached hydrogens (tertiary/aromatic N) is 3. The highest BCUT2D eigenvalue weighted by Gasteiger charge is 2.30. The normalized spacial score (nSPS) is 18.1. The Morgan fingerprint density at radius 2 is 2.26 bits per heavy atom. The van der Waals surface area contributed by atoms with E-state index in [0.29, 0.717) is 18.5 Å². The summed E-state index contributed by atoms with van der Waals surface area (Å²) in [4.78, 5) is 24.1. The minimum Gasteiger partial charge on any atom is -0.323 e. The summed E-state index contributed by atoms with van der Waals surface area (Å²) in [5, 5.41) is 19.8. The Morgan fingerprint density at radius 1 is 1.53 bits per heavy atom. The van der Waals surface area contributed by atoms with Crippen molar-refractivity contribution >= 4 is 11.6 Å². The number of rotatable bonds is 2. The van der Waals surface area contributed by atoms with Crippen LogP contribution in [0.3, 0.4) is 0 Å². The molecule has 1 aromatic rings. The lowest BCUT2D eigenvalue weighted by Crippen LogP contribution is -2.34. The second-order valence-corrected chi connectivity index (χ2v) is 4.60. The molecule has 6 nitrogen and oxygen atoms in total.